The number of aromatic nitrogens is 2. The molecule has 3 aromatic rings. The molecule has 2 saturated carbocycles. The molecule has 154 valence electrons. The van der Waals surface area contributed by atoms with Gasteiger partial charge in [0.05, 0.1) is 11.6 Å². The van der Waals surface area contributed by atoms with E-state index in [4.69, 9.17) is 16.3 Å². The van der Waals surface area contributed by atoms with Crippen LogP contribution in [0, 0.1) is 17.8 Å². The Kier molecular flexibility index (Phi) is 5.07. The molecule has 0 radical (unpaired) electrons. The lowest BCUT2D eigenvalue weighted by Gasteiger charge is -2.22. The molecular formula is C24H24ClN3O2. The standard InChI is InChI=1S/C24H24ClN3O2/c1-2-19(28-24(29)14-5-7-15(25)8-6-14)22-17-12-16(13-18(17)22)30-21-9-11-26-20-4-3-10-27-23(20)21/h3-11,16-19,22H,2,12-13H2,1H3,(H,28,29)/t16?,17-,18-,19-,22?/m0/s1. The summed E-state index contributed by atoms with van der Waals surface area (Å²) < 4.78 is 6.31. The Balaban J connectivity index is 1.20. The Hall–Kier alpha value is -2.66. The summed E-state index contributed by atoms with van der Waals surface area (Å²) in [7, 11) is 0. The zero-order chi connectivity index (χ0) is 20.7. The van der Waals surface area contributed by atoms with E-state index in [2.05, 4.69) is 22.2 Å². The number of benzene rings is 1. The van der Waals surface area contributed by atoms with Crippen LogP contribution in [-0.4, -0.2) is 28.0 Å². The van der Waals surface area contributed by atoms with Crippen molar-refractivity contribution in [3.8, 4) is 5.75 Å². The molecule has 2 aliphatic rings. The second kappa shape index (κ2) is 7.88. The maximum atomic E-state index is 12.6. The molecule has 6 heteroatoms. The van der Waals surface area contributed by atoms with Gasteiger partial charge in [0, 0.05) is 35.1 Å². The van der Waals surface area contributed by atoms with Crippen LogP contribution in [0.5, 0.6) is 5.75 Å². The number of halogens is 1. The zero-order valence-corrected chi connectivity index (χ0v) is 17.5. The summed E-state index contributed by atoms with van der Waals surface area (Å²) in [6.07, 6.45) is 6.74. The van der Waals surface area contributed by atoms with E-state index >= 15 is 0 Å². The molecule has 2 heterocycles. The number of ether oxygens (including phenoxy) is 1. The number of carbonyl (C=O) groups excluding carboxylic acids is 1. The summed E-state index contributed by atoms with van der Waals surface area (Å²) in [6.45, 7) is 2.14. The van der Waals surface area contributed by atoms with E-state index in [0.717, 1.165) is 36.0 Å². The average molecular weight is 422 g/mol. The van der Waals surface area contributed by atoms with Gasteiger partial charge in [0.1, 0.15) is 11.3 Å². The number of nitrogens with one attached hydrogen (secondary N) is 1. The Morgan fingerprint density at radius 2 is 1.90 bits per heavy atom. The topological polar surface area (TPSA) is 64.1 Å². The number of carbonyl (C=O) groups is 1. The van der Waals surface area contributed by atoms with Crippen molar-refractivity contribution in [1.29, 1.82) is 0 Å². The maximum absolute atomic E-state index is 12.6. The number of pyridine rings is 2. The number of nitrogens with zero attached hydrogens (tertiary/aromatic N) is 2. The summed E-state index contributed by atoms with van der Waals surface area (Å²) in [5.41, 5.74) is 2.33. The minimum Gasteiger partial charge on any atom is -0.488 e. The monoisotopic (exact) mass is 421 g/mol. The fraction of sp³-hybridized carbons (Fsp3) is 0.375. The van der Waals surface area contributed by atoms with Crippen molar-refractivity contribution in [3.05, 3.63) is 65.4 Å². The van der Waals surface area contributed by atoms with Crippen LogP contribution in [0.3, 0.4) is 0 Å². The van der Waals surface area contributed by atoms with E-state index in [9.17, 15) is 4.79 Å². The Morgan fingerprint density at radius 1 is 1.13 bits per heavy atom. The SMILES string of the molecule is CC[C@H](NC(=O)c1ccc(Cl)cc1)C1[C@H]2CC(Oc3ccnc4cccnc34)C[C@H]12. The maximum Gasteiger partial charge on any atom is 0.251 e. The van der Waals surface area contributed by atoms with Crippen LogP contribution in [0.4, 0.5) is 0 Å². The van der Waals surface area contributed by atoms with E-state index in [1.807, 2.05) is 18.2 Å². The van der Waals surface area contributed by atoms with Gasteiger partial charge in [-0.15, -0.1) is 0 Å². The highest BCUT2D eigenvalue weighted by Gasteiger charge is 2.59. The molecule has 2 aliphatic carbocycles. The van der Waals surface area contributed by atoms with Gasteiger partial charge in [0.2, 0.25) is 0 Å². The van der Waals surface area contributed by atoms with Crippen molar-refractivity contribution in [3.63, 3.8) is 0 Å². The quantitative estimate of drug-likeness (QED) is 0.615. The fourth-order valence-electron chi connectivity index (χ4n) is 5.09. The first-order valence-electron chi connectivity index (χ1n) is 10.6. The number of hydrogen-bond acceptors (Lipinski definition) is 4. The Morgan fingerprint density at radius 3 is 2.63 bits per heavy atom. The molecule has 30 heavy (non-hydrogen) atoms. The number of hydrogen-bond donors (Lipinski definition) is 1. The zero-order valence-electron chi connectivity index (χ0n) is 16.8. The summed E-state index contributed by atoms with van der Waals surface area (Å²) in [5, 5.41) is 3.88. The lowest BCUT2D eigenvalue weighted by molar-refractivity contribution is 0.0924. The second-order valence-corrected chi connectivity index (χ2v) is 8.73. The van der Waals surface area contributed by atoms with E-state index in [1.165, 1.54) is 0 Å². The van der Waals surface area contributed by atoms with Crippen LogP contribution in [0.15, 0.2) is 54.9 Å². The Labute approximate surface area is 180 Å². The van der Waals surface area contributed by atoms with Gasteiger partial charge in [0.25, 0.3) is 5.91 Å². The van der Waals surface area contributed by atoms with Crippen molar-refractivity contribution in [2.24, 2.45) is 17.8 Å². The van der Waals surface area contributed by atoms with Gasteiger partial charge in [-0.25, -0.2) is 0 Å². The van der Waals surface area contributed by atoms with Crippen LogP contribution in [0.1, 0.15) is 36.5 Å². The first-order chi connectivity index (χ1) is 14.6. The van der Waals surface area contributed by atoms with Gasteiger partial charge in [-0.2, -0.15) is 0 Å². The third-order valence-corrected chi connectivity index (χ3v) is 6.80. The second-order valence-electron chi connectivity index (χ2n) is 8.29. The van der Waals surface area contributed by atoms with Crippen LogP contribution < -0.4 is 10.1 Å². The van der Waals surface area contributed by atoms with Crippen LogP contribution in [-0.2, 0) is 0 Å². The fourth-order valence-corrected chi connectivity index (χ4v) is 5.21. The minimum absolute atomic E-state index is 0.0226. The van der Waals surface area contributed by atoms with E-state index in [1.54, 1.807) is 36.7 Å². The molecule has 5 rings (SSSR count). The third-order valence-electron chi connectivity index (χ3n) is 6.55. The van der Waals surface area contributed by atoms with Crippen LogP contribution in [0.2, 0.25) is 5.02 Å². The molecule has 1 aromatic carbocycles. The Bertz CT molecular complexity index is 1050. The van der Waals surface area contributed by atoms with Crippen LogP contribution in [0.25, 0.3) is 11.0 Å². The number of fused-ring (bicyclic) bond motifs is 2. The van der Waals surface area contributed by atoms with Gasteiger partial charge in [-0.3, -0.25) is 14.8 Å². The first-order valence-corrected chi connectivity index (χ1v) is 10.9. The smallest absolute Gasteiger partial charge is 0.251 e. The van der Waals surface area contributed by atoms with Crippen LogP contribution >= 0.6 is 11.6 Å². The molecule has 3 atom stereocenters. The van der Waals surface area contributed by atoms with Crippen molar-refractivity contribution in [2.75, 3.05) is 0 Å². The molecule has 0 aliphatic heterocycles. The van der Waals surface area contributed by atoms with E-state index < -0.39 is 0 Å². The molecule has 0 saturated heterocycles. The molecule has 5 nitrogen and oxygen atoms in total. The summed E-state index contributed by atoms with van der Waals surface area (Å²) in [4.78, 5) is 21.4. The molecule has 1 amide bonds. The largest absolute Gasteiger partial charge is 0.488 e. The summed E-state index contributed by atoms with van der Waals surface area (Å²) in [5.74, 6) is 2.56. The third kappa shape index (κ3) is 3.63. The van der Waals surface area contributed by atoms with Gasteiger partial charge < -0.3 is 10.1 Å². The molecule has 0 bridgehead atoms. The minimum atomic E-state index is -0.0226. The highest BCUT2D eigenvalue weighted by Crippen LogP contribution is 2.60. The molecule has 2 fully saturated rings. The average Bonchev–Trinajstić information content (AvgIpc) is 3.26. The van der Waals surface area contributed by atoms with Gasteiger partial charge in [-0.05, 0) is 73.4 Å². The van der Waals surface area contributed by atoms with Gasteiger partial charge in [0.15, 0.2) is 0 Å². The predicted octanol–water partition coefficient (Wildman–Crippen LogP) is 4.90. The first kappa shape index (κ1) is 19.3. The number of amides is 1. The van der Waals surface area contributed by atoms with Crippen molar-refractivity contribution in [1.82, 2.24) is 15.3 Å². The van der Waals surface area contributed by atoms with E-state index in [0.29, 0.717) is 28.3 Å². The highest BCUT2D eigenvalue weighted by atomic mass is 35.5. The summed E-state index contributed by atoms with van der Waals surface area (Å²) >= 11 is 5.93. The van der Waals surface area contributed by atoms with Gasteiger partial charge >= 0.3 is 0 Å². The van der Waals surface area contributed by atoms with Crippen molar-refractivity contribution < 1.29 is 9.53 Å². The lowest BCUT2D eigenvalue weighted by atomic mass is 10.00. The molecule has 1 N–H and O–H groups in total. The van der Waals surface area contributed by atoms with E-state index in [-0.39, 0.29) is 18.1 Å². The number of rotatable bonds is 6. The molecule has 0 unspecified atom stereocenters. The molecule has 2 aromatic heterocycles. The van der Waals surface area contributed by atoms with Gasteiger partial charge in [-0.1, -0.05) is 18.5 Å². The highest BCUT2D eigenvalue weighted by molar-refractivity contribution is 6.30. The molecular weight excluding hydrogens is 398 g/mol. The lowest BCUT2D eigenvalue weighted by Crippen LogP contribution is -2.37. The predicted molar refractivity (Wildman–Crippen MR) is 117 cm³/mol. The molecule has 0 spiro atoms. The normalized spacial score (nSPS) is 23.7. The van der Waals surface area contributed by atoms with Crippen molar-refractivity contribution in [2.45, 2.75) is 38.3 Å². The summed E-state index contributed by atoms with van der Waals surface area (Å²) in [6, 6.07) is 13.0. The van der Waals surface area contributed by atoms with Crippen molar-refractivity contribution >= 4 is 28.5 Å².